The van der Waals surface area contributed by atoms with E-state index in [1.165, 1.54) is 3.96 Å². The summed E-state index contributed by atoms with van der Waals surface area (Å²) in [5.74, 6) is 0. The fraction of sp³-hybridized carbons (Fsp3) is 0.600. The fourth-order valence-electron chi connectivity index (χ4n) is 1.52. The molecule has 1 rings (SSSR count). The Morgan fingerprint density at radius 1 is 1.23 bits per heavy atom. The molecule has 0 aliphatic heterocycles. The summed E-state index contributed by atoms with van der Waals surface area (Å²) < 4.78 is 4.89. The van der Waals surface area contributed by atoms with E-state index < -0.39 is 12.6 Å². The zero-order chi connectivity index (χ0) is 10.5. The van der Waals surface area contributed by atoms with Gasteiger partial charge in [0, 0.05) is 0 Å². The van der Waals surface area contributed by atoms with Crippen LogP contribution in [0.25, 0.3) is 0 Å². The van der Waals surface area contributed by atoms with E-state index in [0.717, 1.165) is 6.42 Å². The molecule has 2 nitrogen and oxygen atoms in total. The number of rotatable bonds is 2. The SMILES string of the molecule is [CH3][WH2]([CH3])([CH3])([CH3])([CH3])([N]=O)[C]1=CC=CC1. The molecule has 3 heteroatoms. The second-order valence-corrected chi connectivity index (χ2v) is 65.6. The minimum absolute atomic E-state index is 0.896. The van der Waals surface area contributed by atoms with Gasteiger partial charge >= 0.3 is 76.4 Å². The average Bonchev–Trinajstić information content (AvgIpc) is 2.36. The second kappa shape index (κ2) is 1.65. The molecule has 0 aromatic rings. The molecule has 0 N–H and O–H groups in total. The van der Waals surface area contributed by atoms with E-state index in [4.69, 9.17) is 0 Å². The number of nitroso groups, excluding NO2 is 1. The number of hydrogen-bond donors (Lipinski definition) is 0. The van der Waals surface area contributed by atoms with Crippen LogP contribution in [0.5, 0.6) is 0 Å². The van der Waals surface area contributed by atoms with Crippen LogP contribution in [-0.2, 0) is 12.6 Å². The minimum atomic E-state index is -4.42. The van der Waals surface area contributed by atoms with Crippen molar-refractivity contribution in [2.24, 2.45) is 3.74 Å². The van der Waals surface area contributed by atoms with E-state index in [0.29, 0.717) is 0 Å². The number of hydrogen-bond acceptors (Lipinski definition) is 2. The molecular weight excluding hydrogens is 334 g/mol. The van der Waals surface area contributed by atoms with Crippen molar-refractivity contribution in [3.05, 3.63) is 27.1 Å². The van der Waals surface area contributed by atoms with Gasteiger partial charge in [0.1, 0.15) is 0 Å². The van der Waals surface area contributed by atoms with Crippen LogP contribution in [0, 0.1) is 4.91 Å². The third kappa shape index (κ3) is 1.83. The second-order valence-electron chi connectivity index (χ2n) is 8.90. The van der Waals surface area contributed by atoms with Crippen molar-refractivity contribution < 1.29 is 12.6 Å². The van der Waals surface area contributed by atoms with Crippen LogP contribution < -0.4 is 0 Å². The Morgan fingerprint density at radius 3 is 2.08 bits per heavy atom. The van der Waals surface area contributed by atoms with Crippen LogP contribution in [0.15, 0.2) is 25.9 Å². The molecular formula is C10H22NOW. The Bertz CT molecular complexity index is 345. The Kier molecular flexibility index (Phi) is 1.38. The van der Waals surface area contributed by atoms with Crippen LogP contribution in [0.3, 0.4) is 0 Å². The first-order valence-electron chi connectivity index (χ1n) is 4.87. The van der Waals surface area contributed by atoms with Gasteiger partial charge in [0.15, 0.2) is 0 Å². The van der Waals surface area contributed by atoms with E-state index >= 15 is 0 Å². The van der Waals surface area contributed by atoms with Crippen molar-refractivity contribution >= 4 is 0 Å². The van der Waals surface area contributed by atoms with Gasteiger partial charge in [-0.1, -0.05) is 0 Å². The Morgan fingerprint density at radius 2 is 1.77 bits per heavy atom. The topological polar surface area (TPSA) is 29.4 Å². The van der Waals surface area contributed by atoms with Gasteiger partial charge in [0.05, 0.1) is 0 Å². The average molecular weight is 356 g/mol. The molecule has 1 aliphatic rings. The molecule has 0 atom stereocenters. The molecule has 0 unspecified atom stereocenters. The van der Waals surface area contributed by atoms with Gasteiger partial charge < -0.3 is 0 Å². The summed E-state index contributed by atoms with van der Waals surface area (Å²) in [6.45, 7) is 0. The summed E-state index contributed by atoms with van der Waals surface area (Å²) in [5, 5.41) is 10.5. The van der Waals surface area contributed by atoms with Crippen LogP contribution in [0.4, 0.5) is 0 Å². The van der Waals surface area contributed by atoms with Crippen LogP contribution in [0.2, 0.25) is 26.6 Å². The Balaban J connectivity index is 3.51. The molecule has 0 radical (unpaired) electrons. The molecule has 79 valence electrons. The molecule has 1 aliphatic carbocycles. The molecule has 0 aromatic carbocycles. The van der Waals surface area contributed by atoms with E-state index in [9.17, 15) is 4.91 Å². The van der Waals surface area contributed by atoms with Gasteiger partial charge in [-0.05, 0) is 0 Å². The van der Waals surface area contributed by atoms with Crippen molar-refractivity contribution in [1.82, 2.24) is 0 Å². The van der Waals surface area contributed by atoms with Crippen molar-refractivity contribution in [1.29, 1.82) is 0 Å². The maximum absolute atomic E-state index is 11.3. The van der Waals surface area contributed by atoms with Gasteiger partial charge in [0.2, 0.25) is 0 Å². The predicted molar refractivity (Wildman–Crippen MR) is 59.7 cm³/mol. The van der Waals surface area contributed by atoms with Crippen molar-refractivity contribution in [3.8, 4) is 0 Å². The molecule has 0 saturated carbocycles. The Hall–Kier alpha value is -0.232. The van der Waals surface area contributed by atoms with Crippen molar-refractivity contribution in [2.75, 3.05) is 0 Å². The first-order valence-corrected chi connectivity index (χ1v) is 26.2. The van der Waals surface area contributed by atoms with Crippen molar-refractivity contribution in [2.45, 2.75) is 33.0 Å². The van der Waals surface area contributed by atoms with Gasteiger partial charge in [-0.2, -0.15) is 0 Å². The van der Waals surface area contributed by atoms with Gasteiger partial charge in [-0.3, -0.25) is 0 Å². The zero-order valence-electron chi connectivity index (χ0n) is 9.29. The summed E-state index contributed by atoms with van der Waals surface area (Å²) in [6, 6.07) is 0. The molecule has 0 heterocycles. The standard InChI is InChI=1S/C5H5.5CH3.NO.W.2H/c1-2-4-5-3-1;;;;;;1-2;;;/h1-3H,4H2;5*1H3;;;;/q;;;;;;-1;+1;;. The zero-order valence-corrected chi connectivity index (χ0v) is 12.9. The summed E-state index contributed by atoms with van der Waals surface area (Å²) in [6.07, 6.45) is 7.09. The number of nitrogens with zero attached hydrogens (tertiary/aromatic N) is 1. The van der Waals surface area contributed by atoms with Crippen LogP contribution in [-0.4, -0.2) is 0 Å². The van der Waals surface area contributed by atoms with Gasteiger partial charge in [-0.15, -0.1) is 0 Å². The summed E-state index contributed by atoms with van der Waals surface area (Å²) in [5.41, 5.74) is 0. The third-order valence-corrected chi connectivity index (χ3v) is 20.5. The molecule has 0 fully saturated rings. The normalized spacial score (nSPS) is 25.3. The first-order chi connectivity index (χ1) is 5.40. The quantitative estimate of drug-likeness (QED) is 0.689. The van der Waals surface area contributed by atoms with Crippen LogP contribution in [0.1, 0.15) is 6.42 Å². The Labute approximate surface area is 76.5 Å². The van der Waals surface area contributed by atoms with Gasteiger partial charge in [0.25, 0.3) is 0 Å². The maximum atomic E-state index is 11.3. The first kappa shape index (κ1) is 10.8. The molecule has 0 saturated heterocycles. The summed E-state index contributed by atoms with van der Waals surface area (Å²) >= 11 is -4.42. The molecule has 13 heavy (non-hydrogen) atoms. The van der Waals surface area contributed by atoms with Crippen molar-refractivity contribution in [3.63, 3.8) is 0 Å². The molecule has 0 aromatic heterocycles. The molecule has 0 bridgehead atoms. The van der Waals surface area contributed by atoms with E-state index in [1.807, 2.05) is 6.08 Å². The van der Waals surface area contributed by atoms with Crippen LogP contribution >= 0.6 is 0 Å². The third-order valence-electron chi connectivity index (χ3n) is 3.02. The molecule has 0 spiro atoms. The molecule has 0 amide bonds. The van der Waals surface area contributed by atoms with E-state index in [2.05, 4.69) is 42.5 Å². The van der Waals surface area contributed by atoms with E-state index in [1.54, 1.807) is 0 Å². The summed E-state index contributed by atoms with van der Waals surface area (Å²) in [7, 11) is 0. The number of allylic oxidation sites excluding steroid dienone is 4. The summed E-state index contributed by atoms with van der Waals surface area (Å²) in [4.78, 5) is 11.3. The predicted octanol–water partition coefficient (Wildman–Crippen LogP) is 3.98. The monoisotopic (exact) mass is 356 g/mol. The fourth-order valence-corrected chi connectivity index (χ4v) is 9.96. The van der Waals surface area contributed by atoms with Gasteiger partial charge in [-0.25, -0.2) is 0 Å². The van der Waals surface area contributed by atoms with E-state index in [-0.39, 0.29) is 0 Å².